The third kappa shape index (κ3) is 6.59. The molecular formula is C25H31N9S2. The standard InChI is InChI=1S/C25H31N9S2/c1-16-9-20(32-24(30-16)31-18-7-5-4-6-8-18)21-11-28-25(36-21)33-22-12-26-19(10-27-22)13-34(3)14-23-29-17(2)15-35-23/h9-12,15,18H,4-8,13-14H2,1-3H3,(H,27,28,33)(H,30,31,32). The van der Waals surface area contributed by atoms with Crippen LogP contribution in [-0.2, 0) is 13.1 Å². The van der Waals surface area contributed by atoms with Crippen molar-refractivity contribution in [3.63, 3.8) is 0 Å². The highest BCUT2D eigenvalue weighted by Gasteiger charge is 2.16. The fourth-order valence-corrected chi connectivity index (χ4v) is 5.92. The van der Waals surface area contributed by atoms with E-state index in [1.807, 2.05) is 26.1 Å². The second-order valence-corrected chi connectivity index (χ2v) is 11.3. The lowest BCUT2D eigenvalue weighted by molar-refractivity contribution is 0.314. The minimum atomic E-state index is 0.463. The van der Waals surface area contributed by atoms with Gasteiger partial charge >= 0.3 is 0 Å². The third-order valence-corrected chi connectivity index (χ3v) is 7.88. The van der Waals surface area contributed by atoms with Gasteiger partial charge in [0.2, 0.25) is 5.95 Å². The van der Waals surface area contributed by atoms with Crippen molar-refractivity contribution in [3.8, 4) is 10.6 Å². The van der Waals surface area contributed by atoms with Crippen LogP contribution in [0, 0.1) is 13.8 Å². The summed E-state index contributed by atoms with van der Waals surface area (Å²) in [7, 11) is 2.06. The Morgan fingerprint density at radius 1 is 0.944 bits per heavy atom. The van der Waals surface area contributed by atoms with E-state index in [-0.39, 0.29) is 0 Å². The van der Waals surface area contributed by atoms with Crippen molar-refractivity contribution in [2.24, 2.45) is 0 Å². The van der Waals surface area contributed by atoms with Gasteiger partial charge in [-0.05, 0) is 39.8 Å². The van der Waals surface area contributed by atoms with Crippen molar-refractivity contribution in [2.75, 3.05) is 17.7 Å². The Morgan fingerprint density at radius 3 is 2.56 bits per heavy atom. The average Bonchev–Trinajstić information content (AvgIpc) is 3.49. The molecule has 1 aliphatic carbocycles. The van der Waals surface area contributed by atoms with Gasteiger partial charge in [0, 0.05) is 35.6 Å². The lowest BCUT2D eigenvalue weighted by atomic mass is 9.96. The molecule has 1 aliphatic rings. The largest absolute Gasteiger partial charge is 0.351 e. The Bertz CT molecular complexity index is 1280. The van der Waals surface area contributed by atoms with Crippen LogP contribution in [-0.4, -0.2) is 47.9 Å². The maximum absolute atomic E-state index is 4.77. The van der Waals surface area contributed by atoms with Crippen molar-refractivity contribution in [1.82, 2.24) is 34.8 Å². The molecule has 0 amide bonds. The van der Waals surface area contributed by atoms with Crippen LogP contribution >= 0.6 is 22.7 Å². The van der Waals surface area contributed by atoms with E-state index in [9.17, 15) is 0 Å². The summed E-state index contributed by atoms with van der Waals surface area (Å²) < 4.78 is 0. The van der Waals surface area contributed by atoms with Crippen LogP contribution in [0.3, 0.4) is 0 Å². The molecule has 11 heteroatoms. The summed E-state index contributed by atoms with van der Waals surface area (Å²) in [6, 6.07) is 2.46. The normalized spacial score (nSPS) is 14.3. The van der Waals surface area contributed by atoms with Crippen LogP contribution in [0.2, 0.25) is 0 Å². The Morgan fingerprint density at radius 2 is 1.81 bits per heavy atom. The Labute approximate surface area is 219 Å². The zero-order chi connectivity index (χ0) is 24.9. The number of anilines is 3. The number of rotatable bonds is 9. The highest BCUT2D eigenvalue weighted by Crippen LogP contribution is 2.30. The van der Waals surface area contributed by atoms with E-state index < -0.39 is 0 Å². The first kappa shape index (κ1) is 24.7. The van der Waals surface area contributed by atoms with E-state index in [0.717, 1.165) is 44.3 Å². The van der Waals surface area contributed by atoms with Crippen molar-refractivity contribution in [1.29, 1.82) is 0 Å². The van der Waals surface area contributed by atoms with Gasteiger partial charge in [0.1, 0.15) is 5.01 Å². The highest BCUT2D eigenvalue weighted by atomic mass is 32.1. The molecule has 1 fully saturated rings. The van der Waals surface area contributed by atoms with Gasteiger partial charge in [-0.3, -0.25) is 9.88 Å². The predicted octanol–water partition coefficient (Wildman–Crippen LogP) is 5.58. The molecule has 9 nitrogen and oxygen atoms in total. The van der Waals surface area contributed by atoms with Crippen molar-refractivity contribution in [2.45, 2.75) is 65.1 Å². The average molecular weight is 522 g/mol. The zero-order valence-corrected chi connectivity index (χ0v) is 22.5. The number of nitrogens with zero attached hydrogens (tertiary/aromatic N) is 7. The molecule has 5 rings (SSSR count). The first-order valence-corrected chi connectivity index (χ1v) is 14.0. The number of hydrogen-bond acceptors (Lipinski definition) is 11. The molecule has 188 valence electrons. The second-order valence-electron chi connectivity index (χ2n) is 9.30. The number of nitrogens with one attached hydrogen (secondary N) is 2. The zero-order valence-electron chi connectivity index (χ0n) is 20.9. The molecule has 0 atom stereocenters. The van der Waals surface area contributed by atoms with Crippen LogP contribution < -0.4 is 10.6 Å². The molecule has 4 aromatic rings. The molecule has 0 unspecified atom stereocenters. The molecule has 2 N–H and O–H groups in total. The third-order valence-electron chi connectivity index (χ3n) is 5.99. The molecule has 0 spiro atoms. The highest BCUT2D eigenvalue weighted by molar-refractivity contribution is 7.18. The molecular weight excluding hydrogens is 490 g/mol. The van der Waals surface area contributed by atoms with E-state index in [0.29, 0.717) is 24.4 Å². The van der Waals surface area contributed by atoms with Gasteiger partial charge < -0.3 is 10.6 Å². The lowest BCUT2D eigenvalue weighted by Gasteiger charge is -2.22. The number of aryl methyl sites for hydroxylation is 2. The number of hydrogen-bond donors (Lipinski definition) is 2. The smallest absolute Gasteiger partial charge is 0.223 e. The van der Waals surface area contributed by atoms with Crippen LogP contribution in [0.15, 0.2) is 30.0 Å². The Kier molecular flexibility index (Phi) is 7.78. The molecule has 0 aliphatic heterocycles. The Balaban J connectivity index is 1.19. The van der Waals surface area contributed by atoms with Crippen molar-refractivity contribution < 1.29 is 0 Å². The minimum Gasteiger partial charge on any atom is -0.351 e. The van der Waals surface area contributed by atoms with Crippen molar-refractivity contribution >= 4 is 39.6 Å². The van der Waals surface area contributed by atoms with E-state index in [1.54, 1.807) is 35.1 Å². The van der Waals surface area contributed by atoms with Gasteiger partial charge in [-0.15, -0.1) is 11.3 Å². The minimum absolute atomic E-state index is 0.463. The lowest BCUT2D eigenvalue weighted by Crippen LogP contribution is -2.23. The summed E-state index contributed by atoms with van der Waals surface area (Å²) in [5, 5.41) is 10.7. The summed E-state index contributed by atoms with van der Waals surface area (Å²) >= 11 is 3.23. The van der Waals surface area contributed by atoms with Crippen LogP contribution in [0.5, 0.6) is 0 Å². The first-order valence-electron chi connectivity index (χ1n) is 12.3. The van der Waals surface area contributed by atoms with Crippen LogP contribution in [0.25, 0.3) is 10.6 Å². The maximum Gasteiger partial charge on any atom is 0.223 e. The van der Waals surface area contributed by atoms with Gasteiger partial charge in [-0.1, -0.05) is 30.6 Å². The number of thiazole rings is 2. The van der Waals surface area contributed by atoms with Crippen LogP contribution in [0.1, 0.15) is 54.2 Å². The molecule has 0 bridgehead atoms. The molecule has 0 saturated heterocycles. The summed E-state index contributed by atoms with van der Waals surface area (Å²) in [6.07, 6.45) is 11.6. The first-order chi connectivity index (χ1) is 17.5. The van der Waals surface area contributed by atoms with Crippen molar-refractivity contribution in [3.05, 3.63) is 52.1 Å². The fourth-order valence-electron chi connectivity index (χ4n) is 4.29. The predicted molar refractivity (Wildman–Crippen MR) is 146 cm³/mol. The summed E-state index contributed by atoms with van der Waals surface area (Å²) in [5.41, 5.74) is 3.80. The van der Waals surface area contributed by atoms with Gasteiger partial charge in [-0.25, -0.2) is 24.9 Å². The molecule has 0 radical (unpaired) electrons. The molecule has 4 heterocycles. The SMILES string of the molecule is Cc1cc(-c2cnc(Nc3cnc(CN(C)Cc4nc(C)cs4)cn3)s2)nc(NC2CCCCC2)n1. The molecule has 1 saturated carbocycles. The van der Waals surface area contributed by atoms with E-state index in [1.165, 1.54) is 32.1 Å². The Hall–Kier alpha value is -3.02. The van der Waals surface area contributed by atoms with E-state index in [2.05, 4.69) is 52.9 Å². The monoisotopic (exact) mass is 521 g/mol. The van der Waals surface area contributed by atoms with Gasteiger partial charge in [0.15, 0.2) is 10.9 Å². The topological polar surface area (TPSA) is 105 Å². The second kappa shape index (κ2) is 11.4. The molecule has 36 heavy (non-hydrogen) atoms. The van der Waals surface area contributed by atoms with Gasteiger partial charge in [-0.2, -0.15) is 0 Å². The van der Waals surface area contributed by atoms with Crippen LogP contribution in [0.4, 0.5) is 16.9 Å². The van der Waals surface area contributed by atoms with Gasteiger partial charge in [0.05, 0.1) is 35.2 Å². The van der Waals surface area contributed by atoms with E-state index >= 15 is 0 Å². The molecule has 4 aromatic heterocycles. The summed E-state index contributed by atoms with van der Waals surface area (Å²) in [4.78, 5) is 30.7. The summed E-state index contributed by atoms with van der Waals surface area (Å²) in [5.74, 6) is 1.37. The fraction of sp³-hybridized carbons (Fsp3) is 0.440. The quantitative estimate of drug-likeness (QED) is 0.292. The van der Waals surface area contributed by atoms with E-state index in [4.69, 9.17) is 4.98 Å². The number of aromatic nitrogens is 6. The van der Waals surface area contributed by atoms with Gasteiger partial charge in [0.25, 0.3) is 0 Å². The maximum atomic E-state index is 4.77. The molecule has 0 aromatic carbocycles. The summed E-state index contributed by atoms with van der Waals surface area (Å²) in [6.45, 7) is 5.52.